The van der Waals surface area contributed by atoms with Crippen LogP contribution in [0.3, 0.4) is 0 Å². The highest BCUT2D eigenvalue weighted by molar-refractivity contribution is 7.18. The fourth-order valence-corrected chi connectivity index (χ4v) is 2.53. The molecule has 0 spiro atoms. The van der Waals surface area contributed by atoms with Gasteiger partial charge in [-0.15, -0.1) is 11.3 Å². The summed E-state index contributed by atoms with van der Waals surface area (Å²) in [7, 11) is 0. The van der Waals surface area contributed by atoms with Crippen LogP contribution in [0.25, 0.3) is 10.2 Å². The number of halogens is 2. The Labute approximate surface area is 83.9 Å². The maximum atomic E-state index is 5.96. The molecule has 62 valence electrons. The molecular weight excluding hydrogens is 213 g/mol. The second kappa shape index (κ2) is 2.87. The summed E-state index contributed by atoms with van der Waals surface area (Å²) in [4.78, 5) is 4.19. The Balaban J connectivity index is 2.92. The van der Waals surface area contributed by atoms with Gasteiger partial charge in [0.05, 0.1) is 15.2 Å². The summed E-state index contributed by atoms with van der Waals surface area (Å²) in [5, 5.41) is 3.16. The van der Waals surface area contributed by atoms with E-state index < -0.39 is 0 Å². The quantitative estimate of drug-likeness (QED) is 0.611. The summed E-state index contributed by atoms with van der Waals surface area (Å²) in [6.45, 7) is 2.00. The fourth-order valence-electron chi connectivity index (χ4n) is 1.06. The van der Waals surface area contributed by atoms with Crippen molar-refractivity contribution in [2.45, 2.75) is 6.92 Å². The van der Waals surface area contributed by atoms with E-state index in [1.165, 1.54) is 0 Å². The van der Waals surface area contributed by atoms with Gasteiger partial charge in [0, 0.05) is 0 Å². The van der Waals surface area contributed by atoms with Crippen molar-refractivity contribution in [2.24, 2.45) is 0 Å². The van der Waals surface area contributed by atoms with Crippen LogP contribution in [0.2, 0.25) is 10.2 Å². The Bertz CT molecular complexity index is 436. The normalized spacial score (nSPS) is 10.9. The summed E-state index contributed by atoms with van der Waals surface area (Å²) >= 11 is 13.3. The van der Waals surface area contributed by atoms with Crippen LogP contribution in [0.4, 0.5) is 0 Å². The van der Waals surface area contributed by atoms with E-state index >= 15 is 0 Å². The van der Waals surface area contributed by atoms with Crippen molar-refractivity contribution in [3.63, 3.8) is 0 Å². The monoisotopic (exact) mass is 217 g/mol. The molecule has 4 heteroatoms. The fraction of sp³-hybridized carbons (Fsp3) is 0.125. The third kappa shape index (κ3) is 1.20. The van der Waals surface area contributed by atoms with Crippen LogP contribution in [-0.2, 0) is 0 Å². The van der Waals surface area contributed by atoms with Crippen molar-refractivity contribution in [3.8, 4) is 0 Å². The lowest BCUT2D eigenvalue weighted by molar-refractivity contribution is 1.39. The lowest BCUT2D eigenvalue weighted by Crippen LogP contribution is -1.77. The molecule has 0 aliphatic carbocycles. The standard InChI is InChI=1S/C8H5Cl2NS/c1-4-3-12-8-5(9)2-6(10)11-7(4)8/h2-3H,1H3. The zero-order chi connectivity index (χ0) is 8.72. The van der Waals surface area contributed by atoms with Gasteiger partial charge in [-0.2, -0.15) is 0 Å². The highest BCUT2D eigenvalue weighted by atomic mass is 35.5. The van der Waals surface area contributed by atoms with Crippen molar-refractivity contribution in [2.75, 3.05) is 0 Å². The molecule has 0 bridgehead atoms. The van der Waals surface area contributed by atoms with E-state index in [2.05, 4.69) is 4.98 Å². The largest absolute Gasteiger partial charge is 0.235 e. The van der Waals surface area contributed by atoms with Crippen LogP contribution in [0.1, 0.15) is 5.56 Å². The van der Waals surface area contributed by atoms with E-state index in [-0.39, 0.29) is 0 Å². The van der Waals surface area contributed by atoms with Gasteiger partial charge in [0.25, 0.3) is 0 Å². The molecule has 2 heterocycles. The number of hydrogen-bond acceptors (Lipinski definition) is 2. The van der Waals surface area contributed by atoms with Gasteiger partial charge >= 0.3 is 0 Å². The maximum absolute atomic E-state index is 5.96. The Morgan fingerprint density at radius 3 is 2.92 bits per heavy atom. The molecule has 0 aliphatic rings. The molecule has 0 fully saturated rings. The van der Waals surface area contributed by atoms with Crippen molar-refractivity contribution in [3.05, 3.63) is 27.2 Å². The topological polar surface area (TPSA) is 12.9 Å². The average molecular weight is 218 g/mol. The number of hydrogen-bond donors (Lipinski definition) is 0. The van der Waals surface area contributed by atoms with Gasteiger partial charge in [-0.3, -0.25) is 0 Å². The number of thiophene rings is 1. The lowest BCUT2D eigenvalue weighted by Gasteiger charge is -1.94. The lowest BCUT2D eigenvalue weighted by atomic mass is 10.3. The summed E-state index contributed by atoms with van der Waals surface area (Å²) in [5.74, 6) is 0. The van der Waals surface area contributed by atoms with Gasteiger partial charge in [0.2, 0.25) is 0 Å². The van der Waals surface area contributed by atoms with Crippen LogP contribution in [0, 0.1) is 6.92 Å². The van der Waals surface area contributed by atoms with Crippen LogP contribution >= 0.6 is 34.5 Å². The summed E-state index contributed by atoms with van der Waals surface area (Å²) < 4.78 is 1.01. The van der Waals surface area contributed by atoms with Crippen LogP contribution < -0.4 is 0 Å². The molecule has 2 rings (SSSR count). The van der Waals surface area contributed by atoms with Gasteiger partial charge in [-0.25, -0.2) is 4.98 Å². The molecule has 2 aromatic heterocycles. The molecular formula is C8H5Cl2NS. The van der Waals surface area contributed by atoms with E-state index in [4.69, 9.17) is 23.2 Å². The van der Waals surface area contributed by atoms with E-state index in [1.807, 2.05) is 12.3 Å². The molecule has 0 amide bonds. The van der Waals surface area contributed by atoms with Crippen molar-refractivity contribution >= 4 is 44.8 Å². The highest BCUT2D eigenvalue weighted by Crippen LogP contribution is 2.31. The first-order valence-electron chi connectivity index (χ1n) is 3.38. The highest BCUT2D eigenvalue weighted by Gasteiger charge is 2.06. The minimum atomic E-state index is 0.453. The molecule has 1 nitrogen and oxygen atoms in total. The average Bonchev–Trinajstić information content (AvgIpc) is 2.33. The smallest absolute Gasteiger partial charge is 0.131 e. The number of nitrogens with zero attached hydrogens (tertiary/aromatic N) is 1. The number of aromatic nitrogens is 1. The Hall–Kier alpha value is -0.310. The predicted molar refractivity (Wildman–Crippen MR) is 54.4 cm³/mol. The first-order chi connectivity index (χ1) is 5.68. The number of pyridine rings is 1. The number of aryl methyl sites for hydroxylation is 1. The molecule has 0 saturated carbocycles. The summed E-state index contributed by atoms with van der Waals surface area (Å²) in [5.41, 5.74) is 2.04. The first-order valence-corrected chi connectivity index (χ1v) is 5.02. The van der Waals surface area contributed by atoms with Crippen molar-refractivity contribution < 1.29 is 0 Å². The molecule has 2 aromatic rings. The van der Waals surface area contributed by atoms with Gasteiger partial charge in [-0.1, -0.05) is 23.2 Å². The molecule has 12 heavy (non-hydrogen) atoms. The summed E-state index contributed by atoms with van der Waals surface area (Å²) in [6, 6.07) is 1.67. The molecule has 0 radical (unpaired) electrons. The predicted octanol–water partition coefficient (Wildman–Crippen LogP) is 3.91. The van der Waals surface area contributed by atoms with E-state index in [1.54, 1.807) is 17.4 Å². The maximum Gasteiger partial charge on any atom is 0.131 e. The molecule has 0 unspecified atom stereocenters. The molecule has 0 saturated heterocycles. The van der Waals surface area contributed by atoms with Crippen LogP contribution in [-0.4, -0.2) is 4.98 Å². The van der Waals surface area contributed by atoms with Crippen molar-refractivity contribution in [1.82, 2.24) is 4.98 Å². The molecule has 0 aliphatic heterocycles. The molecule has 0 N–H and O–H groups in total. The SMILES string of the molecule is Cc1csc2c(Cl)cc(Cl)nc12. The van der Waals surface area contributed by atoms with Crippen LogP contribution in [0.15, 0.2) is 11.4 Å². The van der Waals surface area contributed by atoms with E-state index in [9.17, 15) is 0 Å². The molecule has 0 aromatic carbocycles. The minimum Gasteiger partial charge on any atom is -0.235 e. The summed E-state index contributed by atoms with van der Waals surface area (Å²) in [6.07, 6.45) is 0. The zero-order valence-corrected chi connectivity index (χ0v) is 8.59. The van der Waals surface area contributed by atoms with E-state index in [0.717, 1.165) is 15.8 Å². The second-order valence-corrected chi connectivity index (χ2v) is 4.20. The van der Waals surface area contributed by atoms with Crippen LogP contribution in [0.5, 0.6) is 0 Å². The van der Waals surface area contributed by atoms with Gasteiger partial charge < -0.3 is 0 Å². The Morgan fingerprint density at radius 1 is 1.42 bits per heavy atom. The Kier molecular flexibility index (Phi) is 1.99. The minimum absolute atomic E-state index is 0.453. The third-order valence-electron chi connectivity index (χ3n) is 1.62. The van der Waals surface area contributed by atoms with Gasteiger partial charge in [-0.05, 0) is 23.9 Å². The van der Waals surface area contributed by atoms with Crippen molar-refractivity contribution in [1.29, 1.82) is 0 Å². The number of rotatable bonds is 0. The third-order valence-corrected chi connectivity index (χ3v) is 3.35. The van der Waals surface area contributed by atoms with Gasteiger partial charge in [0.1, 0.15) is 5.15 Å². The van der Waals surface area contributed by atoms with E-state index in [0.29, 0.717) is 10.2 Å². The second-order valence-electron chi connectivity index (χ2n) is 2.52. The first kappa shape index (κ1) is 8.30. The number of fused-ring (bicyclic) bond motifs is 1. The van der Waals surface area contributed by atoms with Gasteiger partial charge in [0.15, 0.2) is 0 Å². The molecule has 0 atom stereocenters. The zero-order valence-electron chi connectivity index (χ0n) is 6.27. The Morgan fingerprint density at radius 2 is 2.17 bits per heavy atom.